The van der Waals surface area contributed by atoms with Gasteiger partial charge in [0.15, 0.2) is 22.9 Å². The molecular formula is C29H34ClN5O6. The van der Waals surface area contributed by atoms with Crippen molar-refractivity contribution in [3.05, 3.63) is 76.6 Å². The van der Waals surface area contributed by atoms with Crippen molar-refractivity contribution in [1.29, 1.82) is 0 Å². The molecule has 0 amide bonds. The highest BCUT2D eigenvalue weighted by Gasteiger charge is 2.34. The summed E-state index contributed by atoms with van der Waals surface area (Å²) in [4.78, 5) is 11.9. The van der Waals surface area contributed by atoms with E-state index in [9.17, 15) is 4.79 Å². The molecule has 0 fully saturated rings. The van der Waals surface area contributed by atoms with Crippen LogP contribution in [-0.4, -0.2) is 61.6 Å². The van der Waals surface area contributed by atoms with Crippen LogP contribution in [0.4, 0.5) is 0 Å². The number of aromatic nitrogens is 1. The number of para-hydroxylation sites is 1. The number of hydrogen-bond donors (Lipinski definition) is 2. The number of halogens is 1. The molecule has 3 aromatic rings. The summed E-state index contributed by atoms with van der Waals surface area (Å²) in [5, 5.41) is 6.64. The van der Waals surface area contributed by atoms with Crippen LogP contribution in [-0.2, 0) is 19.0 Å². The van der Waals surface area contributed by atoms with E-state index in [0.717, 1.165) is 22.5 Å². The van der Waals surface area contributed by atoms with Crippen molar-refractivity contribution >= 4 is 23.4 Å². The van der Waals surface area contributed by atoms with Gasteiger partial charge < -0.3 is 28.3 Å². The predicted octanol–water partition coefficient (Wildman–Crippen LogP) is 4.31. The molecular weight excluding hydrogens is 550 g/mol. The Labute approximate surface area is 243 Å². The Morgan fingerprint density at radius 3 is 2.68 bits per heavy atom. The molecule has 0 bridgehead atoms. The third-order valence-corrected chi connectivity index (χ3v) is 7.32. The summed E-state index contributed by atoms with van der Waals surface area (Å²) in [7, 11) is 4.56. The van der Waals surface area contributed by atoms with E-state index >= 15 is 0 Å². The number of hydrazone groups is 1. The van der Waals surface area contributed by atoms with Gasteiger partial charge in [0.1, 0.15) is 18.8 Å². The van der Waals surface area contributed by atoms with Crippen molar-refractivity contribution in [3.8, 4) is 17.2 Å². The fourth-order valence-electron chi connectivity index (χ4n) is 5.01. The standard InChI is InChI=1S/C29H34ClN5O6/c1-29(2,28(36)39-5)40-17-25-31-33-35(32-25)15-13-23-22-9-7-14-34(22)21-12-11-18(30)16-20(21)26(41-23)19-8-6-10-24(37-3)27(19)38-4/h6-12,14,16,23,26,33H,13,15,17H2,1-5H3,(H,31,32)/t23-,26-/m1/s1. The van der Waals surface area contributed by atoms with Crippen LogP contribution in [0.5, 0.6) is 11.5 Å². The Bertz CT molecular complexity index is 1440. The molecule has 2 aliphatic heterocycles. The lowest BCUT2D eigenvalue weighted by molar-refractivity contribution is -0.163. The van der Waals surface area contributed by atoms with Gasteiger partial charge in [0.2, 0.25) is 0 Å². The van der Waals surface area contributed by atoms with Crippen LogP contribution in [0.15, 0.2) is 59.8 Å². The SMILES string of the molecule is COC(=O)C(C)(C)OCC1=NNN(CC[C@H]2O[C@H](c3cccc(OC)c3OC)c3cc(Cl)ccc3-n3cccc32)N1. The summed E-state index contributed by atoms with van der Waals surface area (Å²) < 4.78 is 30.9. The summed E-state index contributed by atoms with van der Waals surface area (Å²) in [6.07, 6.45) is 1.84. The first-order chi connectivity index (χ1) is 19.7. The number of nitrogens with one attached hydrogen (secondary N) is 2. The van der Waals surface area contributed by atoms with Crippen molar-refractivity contribution in [2.24, 2.45) is 5.10 Å². The smallest absolute Gasteiger partial charge is 0.337 e. The van der Waals surface area contributed by atoms with Crippen LogP contribution in [0.1, 0.15) is 49.3 Å². The summed E-state index contributed by atoms with van der Waals surface area (Å²) in [6, 6.07) is 15.6. The number of carbonyl (C=O) groups excluding carboxylic acids is 1. The van der Waals surface area contributed by atoms with Crippen LogP contribution < -0.4 is 20.4 Å². The summed E-state index contributed by atoms with van der Waals surface area (Å²) in [6.45, 7) is 3.93. The van der Waals surface area contributed by atoms with Crippen LogP contribution >= 0.6 is 11.6 Å². The molecule has 2 aromatic carbocycles. The summed E-state index contributed by atoms with van der Waals surface area (Å²) >= 11 is 6.50. The first-order valence-electron chi connectivity index (χ1n) is 13.2. The molecule has 2 atom stereocenters. The van der Waals surface area contributed by atoms with E-state index in [1.165, 1.54) is 7.11 Å². The van der Waals surface area contributed by atoms with Gasteiger partial charge in [0.25, 0.3) is 0 Å². The van der Waals surface area contributed by atoms with Gasteiger partial charge in [0, 0.05) is 28.9 Å². The van der Waals surface area contributed by atoms with Crippen molar-refractivity contribution in [2.75, 3.05) is 34.5 Å². The van der Waals surface area contributed by atoms with E-state index in [2.05, 4.69) is 26.7 Å². The van der Waals surface area contributed by atoms with Crippen LogP contribution in [0.3, 0.4) is 0 Å². The molecule has 1 aromatic heterocycles. The molecule has 0 saturated heterocycles. The molecule has 41 heavy (non-hydrogen) atoms. The van der Waals surface area contributed by atoms with Gasteiger partial charge in [-0.15, -0.1) is 10.2 Å². The maximum atomic E-state index is 11.9. The number of benzene rings is 2. The minimum absolute atomic E-state index is 0.0994. The normalized spacial score (nSPS) is 18.3. The molecule has 218 valence electrons. The number of esters is 1. The van der Waals surface area contributed by atoms with Gasteiger partial charge >= 0.3 is 5.97 Å². The fourth-order valence-corrected chi connectivity index (χ4v) is 5.19. The van der Waals surface area contributed by atoms with E-state index < -0.39 is 17.7 Å². The van der Waals surface area contributed by atoms with E-state index in [0.29, 0.717) is 35.3 Å². The van der Waals surface area contributed by atoms with Crippen LogP contribution in [0.2, 0.25) is 5.02 Å². The molecule has 5 rings (SSSR count). The number of ether oxygens (including phenoxy) is 5. The van der Waals surface area contributed by atoms with E-state index in [1.807, 2.05) is 48.7 Å². The summed E-state index contributed by atoms with van der Waals surface area (Å²) in [5.74, 6) is 1.30. The Balaban J connectivity index is 1.37. The highest BCUT2D eigenvalue weighted by atomic mass is 35.5. The summed E-state index contributed by atoms with van der Waals surface area (Å²) in [5.41, 5.74) is 8.75. The van der Waals surface area contributed by atoms with Crippen molar-refractivity contribution in [3.63, 3.8) is 0 Å². The number of hydrogen-bond acceptors (Lipinski definition) is 10. The lowest BCUT2D eigenvalue weighted by atomic mass is 9.98. The van der Waals surface area contributed by atoms with Crippen molar-refractivity contribution < 1.29 is 28.5 Å². The van der Waals surface area contributed by atoms with Crippen LogP contribution in [0, 0.1) is 0 Å². The zero-order valence-electron chi connectivity index (χ0n) is 23.6. The lowest BCUT2D eigenvalue weighted by Crippen LogP contribution is -2.45. The molecule has 0 aliphatic carbocycles. The Morgan fingerprint density at radius 2 is 1.93 bits per heavy atom. The molecule has 2 N–H and O–H groups in total. The number of nitrogens with zero attached hydrogens (tertiary/aromatic N) is 3. The van der Waals surface area contributed by atoms with E-state index in [4.69, 9.17) is 35.3 Å². The first-order valence-corrected chi connectivity index (χ1v) is 13.6. The van der Waals surface area contributed by atoms with Gasteiger partial charge in [-0.2, -0.15) is 0 Å². The van der Waals surface area contributed by atoms with Crippen molar-refractivity contribution in [2.45, 2.75) is 38.1 Å². The number of carbonyl (C=O) groups is 1. The second-order valence-electron chi connectivity index (χ2n) is 10.1. The first kappa shape index (κ1) is 28.7. The zero-order valence-corrected chi connectivity index (χ0v) is 24.4. The molecule has 0 spiro atoms. The minimum Gasteiger partial charge on any atom is -0.493 e. The molecule has 3 heterocycles. The molecule has 0 unspecified atom stereocenters. The number of amidine groups is 1. The topological polar surface area (TPSA) is 108 Å². The van der Waals surface area contributed by atoms with Gasteiger partial charge in [-0.1, -0.05) is 23.7 Å². The molecule has 2 aliphatic rings. The lowest BCUT2D eigenvalue weighted by Gasteiger charge is -2.26. The average Bonchev–Trinajstić information content (AvgIpc) is 3.63. The van der Waals surface area contributed by atoms with Crippen LogP contribution in [0.25, 0.3) is 5.69 Å². The number of methoxy groups -OCH3 is 3. The number of hydrazine groups is 2. The second kappa shape index (κ2) is 12.0. The fraction of sp³-hybridized carbons (Fsp3) is 0.379. The molecule has 11 nitrogen and oxygen atoms in total. The van der Waals surface area contributed by atoms with Gasteiger partial charge in [-0.05, 0) is 56.7 Å². The van der Waals surface area contributed by atoms with Gasteiger partial charge in [-0.25, -0.2) is 10.3 Å². The minimum atomic E-state index is -1.10. The Morgan fingerprint density at radius 1 is 1.10 bits per heavy atom. The maximum absolute atomic E-state index is 11.9. The van der Waals surface area contributed by atoms with Gasteiger partial charge in [-0.3, -0.25) is 5.43 Å². The highest BCUT2D eigenvalue weighted by Crippen LogP contribution is 2.46. The Kier molecular flexibility index (Phi) is 8.41. The number of rotatable bonds is 10. The maximum Gasteiger partial charge on any atom is 0.337 e. The second-order valence-corrected chi connectivity index (χ2v) is 10.5. The zero-order chi connectivity index (χ0) is 29.1. The van der Waals surface area contributed by atoms with E-state index in [-0.39, 0.29) is 12.7 Å². The molecule has 12 heteroatoms. The monoisotopic (exact) mass is 583 g/mol. The molecule has 0 saturated carbocycles. The third kappa shape index (κ3) is 5.84. The average molecular weight is 584 g/mol. The number of fused-ring (bicyclic) bond motifs is 3. The predicted molar refractivity (Wildman–Crippen MR) is 153 cm³/mol. The largest absolute Gasteiger partial charge is 0.493 e. The Hall–Kier alpha value is -3.77. The molecule has 0 radical (unpaired) electrons. The third-order valence-electron chi connectivity index (χ3n) is 7.09. The van der Waals surface area contributed by atoms with E-state index in [1.54, 1.807) is 33.2 Å². The van der Waals surface area contributed by atoms with Crippen molar-refractivity contribution in [1.82, 2.24) is 20.6 Å². The quantitative estimate of drug-likeness (QED) is 0.338. The highest BCUT2D eigenvalue weighted by molar-refractivity contribution is 6.30. The van der Waals surface area contributed by atoms with Gasteiger partial charge in [0.05, 0.1) is 32.7 Å².